The van der Waals surface area contributed by atoms with Crippen LogP contribution in [-0.4, -0.2) is 9.86 Å². The predicted molar refractivity (Wildman–Crippen MR) is 108 cm³/mol. The second-order valence-electron chi connectivity index (χ2n) is 5.92. The van der Waals surface area contributed by atoms with Crippen LogP contribution in [0.1, 0.15) is 0 Å². The number of ether oxygens (including phenoxy) is 1. The number of carbonyl (C=O) groups excluding carboxylic acids is 1. The third-order valence-corrected chi connectivity index (χ3v) is 5.00. The fraction of sp³-hybridized carbons (Fsp3) is 0.0476. The summed E-state index contributed by atoms with van der Waals surface area (Å²) in [7, 11) is 0. The van der Waals surface area contributed by atoms with Gasteiger partial charge in [0.2, 0.25) is 5.91 Å². The Morgan fingerprint density at radius 1 is 0.926 bits per heavy atom. The number of nitrogens with zero attached hydrogens (tertiary/aromatic N) is 1. The summed E-state index contributed by atoms with van der Waals surface area (Å²) < 4.78 is 8.11. The lowest BCUT2D eigenvalue weighted by molar-refractivity contribution is -0.116. The van der Waals surface area contributed by atoms with E-state index in [9.17, 15) is 9.59 Å². The van der Waals surface area contributed by atoms with Crippen LogP contribution in [0.15, 0.2) is 83.7 Å². The molecule has 27 heavy (non-hydrogen) atoms. The summed E-state index contributed by atoms with van der Waals surface area (Å²) in [6, 6.07) is 23.9. The van der Waals surface area contributed by atoms with E-state index in [2.05, 4.69) is 5.32 Å². The van der Waals surface area contributed by atoms with Gasteiger partial charge in [-0.25, -0.2) is 0 Å². The van der Waals surface area contributed by atoms with Gasteiger partial charge in [-0.2, -0.15) is 0 Å². The molecule has 1 heterocycles. The Bertz CT molecular complexity index is 1150. The van der Waals surface area contributed by atoms with Crippen LogP contribution in [0.2, 0.25) is 0 Å². The van der Waals surface area contributed by atoms with Crippen LogP contribution in [0.3, 0.4) is 0 Å². The Labute approximate surface area is 159 Å². The molecule has 6 heteroatoms. The minimum absolute atomic E-state index is 0.0258. The lowest BCUT2D eigenvalue weighted by Gasteiger charge is -2.09. The molecule has 5 nitrogen and oxygen atoms in total. The number of anilines is 1. The maximum Gasteiger partial charge on any atom is 0.268 e. The highest BCUT2D eigenvalue weighted by atomic mass is 32.1. The molecule has 0 unspecified atom stereocenters. The number of aromatic nitrogens is 1. The molecule has 0 aliphatic carbocycles. The monoisotopic (exact) mass is 376 g/mol. The second kappa shape index (κ2) is 7.47. The van der Waals surface area contributed by atoms with Gasteiger partial charge < -0.3 is 10.1 Å². The van der Waals surface area contributed by atoms with Crippen molar-refractivity contribution in [2.75, 3.05) is 5.32 Å². The molecule has 1 N–H and O–H groups in total. The molecule has 0 spiro atoms. The normalized spacial score (nSPS) is 10.7. The first kappa shape index (κ1) is 17.1. The summed E-state index contributed by atoms with van der Waals surface area (Å²) in [5, 5.41) is 3.45. The van der Waals surface area contributed by atoms with Crippen molar-refractivity contribution >= 4 is 33.2 Å². The van der Waals surface area contributed by atoms with Gasteiger partial charge in [0.05, 0.1) is 10.1 Å². The van der Waals surface area contributed by atoms with E-state index >= 15 is 0 Å². The van der Waals surface area contributed by atoms with E-state index in [0.29, 0.717) is 16.8 Å². The number of amides is 1. The minimum Gasteiger partial charge on any atom is -0.457 e. The molecular formula is C21H16N2O3S. The molecule has 1 aromatic heterocycles. The molecule has 0 aliphatic rings. The Morgan fingerprint density at radius 3 is 2.48 bits per heavy atom. The Hall–Kier alpha value is -3.38. The molecule has 0 atom stereocenters. The molecule has 0 fully saturated rings. The van der Waals surface area contributed by atoms with E-state index in [1.165, 1.54) is 15.5 Å². The van der Waals surface area contributed by atoms with Crippen molar-refractivity contribution in [3.8, 4) is 11.5 Å². The standard InChI is InChI=1S/C21H16N2O3S/c24-20(14-23-21(25)18-11-4-5-12-19(18)27-23)22-15-7-6-10-17(13-15)26-16-8-2-1-3-9-16/h1-13H,14H2,(H,22,24). The molecule has 0 bridgehead atoms. The van der Waals surface area contributed by atoms with Crippen molar-refractivity contribution in [1.29, 1.82) is 0 Å². The average molecular weight is 376 g/mol. The van der Waals surface area contributed by atoms with Crippen LogP contribution in [0.25, 0.3) is 10.1 Å². The van der Waals surface area contributed by atoms with Crippen molar-refractivity contribution in [1.82, 2.24) is 3.96 Å². The zero-order valence-corrected chi connectivity index (χ0v) is 15.1. The van der Waals surface area contributed by atoms with Gasteiger partial charge in [-0.05, 0) is 36.4 Å². The molecule has 0 aliphatic heterocycles. The zero-order chi connectivity index (χ0) is 18.6. The smallest absolute Gasteiger partial charge is 0.268 e. The lowest BCUT2D eigenvalue weighted by atomic mass is 10.3. The summed E-state index contributed by atoms with van der Waals surface area (Å²) in [6.45, 7) is -0.0258. The number of para-hydroxylation sites is 1. The van der Waals surface area contributed by atoms with Gasteiger partial charge in [-0.15, -0.1) is 0 Å². The van der Waals surface area contributed by atoms with Crippen LogP contribution < -0.4 is 15.6 Å². The summed E-state index contributed by atoms with van der Waals surface area (Å²) in [4.78, 5) is 24.7. The third-order valence-electron chi connectivity index (χ3n) is 3.94. The molecule has 4 rings (SSSR count). The number of nitrogens with one attached hydrogen (secondary N) is 1. The first-order valence-electron chi connectivity index (χ1n) is 8.41. The molecule has 3 aromatic carbocycles. The molecule has 4 aromatic rings. The van der Waals surface area contributed by atoms with Crippen LogP contribution in [0.5, 0.6) is 11.5 Å². The topological polar surface area (TPSA) is 60.3 Å². The van der Waals surface area contributed by atoms with Gasteiger partial charge in [0, 0.05) is 11.8 Å². The molecule has 1 amide bonds. The van der Waals surface area contributed by atoms with Crippen LogP contribution in [0.4, 0.5) is 5.69 Å². The molecule has 0 saturated heterocycles. The van der Waals surface area contributed by atoms with E-state index in [1.807, 2.05) is 54.6 Å². The predicted octanol–water partition coefficient (Wildman–Crippen LogP) is 4.49. The van der Waals surface area contributed by atoms with Gasteiger partial charge in [0.15, 0.2) is 0 Å². The van der Waals surface area contributed by atoms with Crippen molar-refractivity contribution < 1.29 is 9.53 Å². The Morgan fingerprint density at radius 2 is 1.67 bits per heavy atom. The maximum atomic E-state index is 12.4. The highest BCUT2D eigenvalue weighted by Gasteiger charge is 2.11. The van der Waals surface area contributed by atoms with Crippen molar-refractivity contribution in [3.05, 3.63) is 89.2 Å². The van der Waals surface area contributed by atoms with E-state index in [4.69, 9.17) is 4.74 Å². The van der Waals surface area contributed by atoms with Crippen molar-refractivity contribution in [2.24, 2.45) is 0 Å². The second-order valence-corrected chi connectivity index (χ2v) is 6.98. The highest BCUT2D eigenvalue weighted by Crippen LogP contribution is 2.24. The third kappa shape index (κ3) is 3.91. The number of benzene rings is 3. The summed E-state index contributed by atoms with van der Waals surface area (Å²) in [5.74, 6) is 1.08. The minimum atomic E-state index is -0.263. The van der Waals surface area contributed by atoms with Gasteiger partial charge in [-0.1, -0.05) is 47.9 Å². The molecule has 0 radical (unpaired) electrons. The summed E-state index contributed by atoms with van der Waals surface area (Å²) >= 11 is 1.29. The molecule has 134 valence electrons. The van der Waals surface area contributed by atoms with E-state index < -0.39 is 0 Å². The Kier molecular flexibility index (Phi) is 4.72. The SMILES string of the molecule is O=C(Cn1sc2ccccc2c1=O)Nc1cccc(Oc2ccccc2)c1. The van der Waals surface area contributed by atoms with Gasteiger partial charge in [0.25, 0.3) is 5.56 Å². The Balaban J connectivity index is 1.47. The van der Waals surface area contributed by atoms with Gasteiger partial charge in [0.1, 0.15) is 18.0 Å². The van der Waals surface area contributed by atoms with Crippen LogP contribution in [0, 0.1) is 0 Å². The highest BCUT2D eigenvalue weighted by molar-refractivity contribution is 7.13. The number of rotatable bonds is 5. The molecule has 0 saturated carbocycles. The largest absolute Gasteiger partial charge is 0.457 e. The van der Waals surface area contributed by atoms with E-state index in [0.717, 1.165) is 10.4 Å². The van der Waals surface area contributed by atoms with Crippen LogP contribution >= 0.6 is 11.5 Å². The summed E-state index contributed by atoms with van der Waals surface area (Å²) in [5.41, 5.74) is 0.467. The van der Waals surface area contributed by atoms with E-state index in [-0.39, 0.29) is 18.0 Å². The number of hydrogen-bond acceptors (Lipinski definition) is 4. The fourth-order valence-corrected chi connectivity index (χ4v) is 3.71. The van der Waals surface area contributed by atoms with Crippen molar-refractivity contribution in [2.45, 2.75) is 6.54 Å². The fourth-order valence-electron chi connectivity index (χ4n) is 2.71. The summed E-state index contributed by atoms with van der Waals surface area (Å²) in [6.07, 6.45) is 0. The number of hydrogen-bond donors (Lipinski definition) is 1. The lowest BCUT2D eigenvalue weighted by Crippen LogP contribution is -2.23. The van der Waals surface area contributed by atoms with Gasteiger partial charge in [-0.3, -0.25) is 13.5 Å². The number of fused-ring (bicyclic) bond motifs is 1. The average Bonchev–Trinajstić information content (AvgIpc) is 2.99. The van der Waals surface area contributed by atoms with E-state index in [1.54, 1.807) is 24.3 Å². The maximum absolute atomic E-state index is 12.4. The first-order chi connectivity index (χ1) is 13.2. The quantitative estimate of drug-likeness (QED) is 0.558. The van der Waals surface area contributed by atoms with Gasteiger partial charge >= 0.3 is 0 Å². The van der Waals surface area contributed by atoms with Crippen molar-refractivity contribution in [3.63, 3.8) is 0 Å². The first-order valence-corrected chi connectivity index (χ1v) is 9.18. The molecular weight excluding hydrogens is 360 g/mol. The zero-order valence-electron chi connectivity index (χ0n) is 14.3. The number of carbonyl (C=O) groups is 1. The van der Waals surface area contributed by atoms with Crippen LogP contribution in [-0.2, 0) is 11.3 Å².